The number of nitrogens with zero attached hydrogens (tertiary/aromatic N) is 2. The van der Waals surface area contributed by atoms with Crippen LogP contribution in [0.4, 0.5) is 0 Å². The van der Waals surface area contributed by atoms with E-state index in [-0.39, 0.29) is 11.4 Å². The van der Waals surface area contributed by atoms with Crippen molar-refractivity contribution < 1.29 is 23.8 Å². The van der Waals surface area contributed by atoms with E-state index in [9.17, 15) is 9.59 Å². The Kier molecular flexibility index (Phi) is 4.77. The van der Waals surface area contributed by atoms with Crippen LogP contribution in [0.2, 0.25) is 0 Å². The molecule has 0 atom stereocenters. The van der Waals surface area contributed by atoms with Gasteiger partial charge in [0.25, 0.3) is 0 Å². The van der Waals surface area contributed by atoms with Crippen LogP contribution in [-0.4, -0.2) is 43.0 Å². The first-order valence-corrected chi connectivity index (χ1v) is 6.46. The van der Waals surface area contributed by atoms with Gasteiger partial charge in [0, 0.05) is 6.07 Å². The van der Waals surface area contributed by atoms with Gasteiger partial charge in [-0.15, -0.1) is 0 Å². The number of esters is 2. The van der Waals surface area contributed by atoms with Gasteiger partial charge in [0.1, 0.15) is 11.4 Å². The van der Waals surface area contributed by atoms with Crippen LogP contribution in [0.1, 0.15) is 26.5 Å². The van der Waals surface area contributed by atoms with E-state index >= 15 is 0 Å². The molecule has 1 heterocycles. The molecule has 0 saturated carbocycles. The van der Waals surface area contributed by atoms with Gasteiger partial charge in [0.2, 0.25) is 0 Å². The Bertz CT molecular complexity index is 676. The standard InChI is InChI=1S/C15H16N2O5/c1-20-11-6-4-10(5-7-11)9-17-13(15(19)22-3)8-12(16-17)14(18)21-2/h4-8H,9H2,1-3H3. The largest absolute Gasteiger partial charge is 0.497 e. The minimum absolute atomic E-state index is 0.0522. The lowest BCUT2D eigenvalue weighted by atomic mass is 10.2. The van der Waals surface area contributed by atoms with E-state index in [2.05, 4.69) is 9.84 Å². The highest BCUT2D eigenvalue weighted by atomic mass is 16.5. The van der Waals surface area contributed by atoms with Gasteiger partial charge in [-0.2, -0.15) is 5.10 Å². The number of rotatable bonds is 5. The second-order valence-corrected chi connectivity index (χ2v) is 4.40. The Labute approximate surface area is 127 Å². The van der Waals surface area contributed by atoms with Crippen LogP contribution in [0.3, 0.4) is 0 Å². The summed E-state index contributed by atoms with van der Waals surface area (Å²) in [4.78, 5) is 23.4. The lowest BCUT2D eigenvalue weighted by Gasteiger charge is -2.07. The topological polar surface area (TPSA) is 79.7 Å². The average Bonchev–Trinajstić information content (AvgIpc) is 2.98. The first kappa shape index (κ1) is 15.6. The van der Waals surface area contributed by atoms with Crippen molar-refractivity contribution in [3.8, 4) is 5.75 Å². The quantitative estimate of drug-likeness (QED) is 0.779. The van der Waals surface area contributed by atoms with Gasteiger partial charge in [-0.3, -0.25) is 4.68 Å². The first-order valence-electron chi connectivity index (χ1n) is 6.46. The van der Waals surface area contributed by atoms with E-state index in [0.29, 0.717) is 6.54 Å². The molecule has 0 bridgehead atoms. The lowest BCUT2D eigenvalue weighted by molar-refractivity contribution is 0.0581. The summed E-state index contributed by atoms with van der Waals surface area (Å²) in [6.07, 6.45) is 0. The van der Waals surface area contributed by atoms with E-state index in [4.69, 9.17) is 9.47 Å². The molecule has 0 fully saturated rings. The number of methoxy groups -OCH3 is 3. The fraction of sp³-hybridized carbons (Fsp3) is 0.267. The first-order chi connectivity index (χ1) is 10.6. The summed E-state index contributed by atoms with van der Waals surface area (Å²) in [5.74, 6) is -0.456. The van der Waals surface area contributed by atoms with Gasteiger partial charge in [-0.25, -0.2) is 9.59 Å². The van der Waals surface area contributed by atoms with E-state index in [0.717, 1.165) is 11.3 Å². The fourth-order valence-electron chi connectivity index (χ4n) is 1.91. The maximum atomic E-state index is 11.8. The van der Waals surface area contributed by atoms with E-state index in [1.807, 2.05) is 12.1 Å². The van der Waals surface area contributed by atoms with Crippen LogP contribution >= 0.6 is 0 Å². The predicted octanol–water partition coefficient (Wildman–Crippen LogP) is 1.51. The lowest BCUT2D eigenvalue weighted by Crippen LogP contribution is -2.13. The molecular formula is C15H16N2O5. The Morgan fingerprint density at radius 3 is 2.23 bits per heavy atom. The average molecular weight is 304 g/mol. The van der Waals surface area contributed by atoms with Crippen LogP contribution in [-0.2, 0) is 16.0 Å². The van der Waals surface area contributed by atoms with Crippen molar-refractivity contribution >= 4 is 11.9 Å². The van der Waals surface area contributed by atoms with Crippen molar-refractivity contribution in [1.29, 1.82) is 0 Å². The minimum atomic E-state index is -0.612. The molecule has 0 radical (unpaired) electrons. The van der Waals surface area contributed by atoms with E-state index in [1.165, 1.54) is 25.0 Å². The van der Waals surface area contributed by atoms with Crippen LogP contribution in [0.25, 0.3) is 0 Å². The molecule has 22 heavy (non-hydrogen) atoms. The second kappa shape index (κ2) is 6.75. The number of hydrogen-bond donors (Lipinski definition) is 0. The summed E-state index contributed by atoms with van der Waals surface area (Å²) in [6, 6.07) is 8.65. The highest BCUT2D eigenvalue weighted by Crippen LogP contribution is 2.14. The number of benzene rings is 1. The number of aromatic nitrogens is 2. The molecule has 1 aromatic carbocycles. The van der Waals surface area contributed by atoms with Crippen LogP contribution < -0.4 is 4.74 Å². The molecule has 116 valence electrons. The van der Waals surface area contributed by atoms with Gasteiger partial charge in [-0.1, -0.05) is 12.1 Å². The number of carbonyl (C=O) groups is 2. The molecule has 0 spiro atoms. The molecule has 7 heteroatoms. The SMILES string of the molecule is COC(=O)c1cc(C(=O)OC)n(Cc2ccc(OC)cc2)n1. The third kappa shape index (κ3) is 3.25. The number of hydrogen-bond acceptors (Lipinski definition) is 6. The highest BCUT2D eigenvalue weighted by molar-refractivity contribution is 5.93. The van der Waals surface area contributed by atoms with Crippen LogP contribution in [0.15, 0.2) is 30.3 Å². The Morgan fingerprint density at radius 2 is 1.68 bits per heavy atom. The van der Waals surface area contributed by atoms with Gasteiger partial charge in [-0.05, 0) is 17.7 Å². The maximum absolute atomic E-state index is 11.8. The smallest absolute Gasteiger partial charge is 0.358 e. The summed E-state index contributed by atoms with van der Waals surface area (Å²) in [6.45, 7) is 0.311. The van der Waals surface area contributed by atoms with E-state index in [1.54, 1.807) is 19.2 Å². The monoisotopic (exact) mass is 304 g/mol. The third-order valence-electron chi connectivity index (χ3n) is 3.06. The molecule has 0 N–H and O–H groups in total. The van der Waals surface area contributed by atoms with Gasteiger partial charge in [0.15, 0.2) is 5.69 Å². The summed E-state index contributed by atoms with van der Waals surface area (Å²) in [5.41, 5.74) is 1.13. The molecule has 1 aromatic heterocycles. The van der Waals surface area contributed by atoms with Gasteiger partial charge >= 0.3 is 11.9 Å². The zero-order chi connectivity index (χ0) is 16.1. The summed E-state index contributed by atoms with van der Waals surface area (Å²) < 4.78 is 15.8. The van der Waals surface area contributed by atoms with Crippen molar-refractivity contribution in [3.05, 3.63) is 47.3 Å². The van der Waals surface area contributed by atoms with Crippen LogP contribution in [0.5, 0.6) is 5.75 Å². The molecule has 0 aliphatic heterocycles. The summed E-state index contributed by atoms with van der Waals surface area (Å²) in [5, 5.41) is 4.10. The highest BCUT2D eigenvalue weighted by Gasteiger charge is 2.20. The molecule has 0 saturated heterocycles. The Morgan fingerprint density at radius 1 is 1.05 bits per heavy atom. The summed E-state index contributed by atoms with van der Waals surface area (Å²) >= 11 is 0. The van der Waals surface area contributed by atoms with Crippen molar-refractivity contribution in [2.75, 3.05) is 21.3 Å². The second-order valence-electron chi connectivity index (χ2n) is 4.40. The summed E-state index contributed by atoms with van der Waals surface area (Å²) in [7, 11) is 4.11. The van der Waals surface area contributed by atoms with Crippen molar-refractivity contribution in [1.82, 2.24) is 9.78 Å². The molecule has 0 amide bonds. The number of ether oxygens (including phenoxy) is 3. The molecule has 2 aromatic rings. The maximum Gasteiger partial charge on any atom is 0.358 e. The van der Waals surface area contributed by atoms with Gasteiger partial charge < -0.3 is 14.2 Å². The van der Waals surface area contributed by atoms with Crippen molar-refractivity contribution in [2.24, 2.45) is 0 Å². The molecule has 0 aliphatic carbocycles. The number of carbonyl (C=O) groups excluding carboxylic acids is 2. The van der Waals surface area contributed by atoms with Crippen molar-refractivity contribution in [3.63, 3.8) is 0 Å². The molecule has 7 nitrogen and oxygen atoms in total. The normalized spacial score (nSPS) is 10.1. The zero-order valence-corrected chi connectivity index (χ0v) is 12.5. The van der Waals surface area contributed by atoms with E-state index < -0.39 is 11.9 Å². The van der Waals surface area contributed by atoms with Crippen molar-refractivity contribution in [2.45, 2.75) is 6.54 Å². The van der Waals surface area contributed by atoms with Crippen LogP contribution in [0, 0.1) is 0 Å². The third-order valence-corrected chi connectivity index (χ3v) is 3.06. The predicted molar refractivity (Wildman–Crippen MR) is 77.0 cm³/mol. The molecule has 0 aliphatic rings. The zero-order valence-electron chi connectivity index (χ0n) is 12.5. The molecule has 2 rings (SSSR count). The molecule has 0 unspecified atom stereocenters. The Balaban J connectivity index is 2.32. The Hall–Kier alpha value is -2.83. The van der Waals surface area contributed by atoms with Gasteiger partial charge in [0.05, 0.1) is 27.9 Å². The fourth-order valence-corrected chi connectivity index (χ4v) is 1.91. The minimum Gasteiger partial charge on any atom is -0.497 e. The molecular weight excluding hydrogens is 288 g/mol.